The molecule has 2 atom stereocenters. The molecule has 2 aromatic rings. The van der Waals surface area contributed by atoms with Crippen LogP contribution in [0.1, 0.15) is 21.8 Å². The Hall–Kier alpha value is -0.550. The Morgan fingerprint density at radius 1 is 1.17 bits per heavy atom. The molecule has 0 bridgehead atoms. The van der Waals surface area contributed by atoms with Crippen LogP contribution in [0, 0.1) is 0 Å². The summed E-state index contributed by atoms with van der Waals surface area (Å²) in [5.41, 5.74) is 0.570. The maximum absolute atomic E-state index is 12.9. The quantitative estimate of drug-likeness (QED) is 0.561. The molecule has 0 aliphatic rings. The lowest BCUT2D eigenvalue weighted by atomic mass is 9.87. The Bertz CT molecular complexity index is 703. The highest BCUT2D eigenvalue weighted by Gasteiger charge is 2.42. The summed E-state index contributed by atoms with van der Waals surface area (Å²) in [5.74, 6) is -1.65. The molecule has 0 aliphatic heterocycles. The number of halogens is 5. The highest BCUT2D eigenvalue weighted by atomic mass is 35.6. The number of aliphatic hydroxyl groups is 1. The van der Waals surface area contributed by atoms with Crippen molar-refractivity contribution < 1.29 is 9.90 Å². The minimum atomic E-state index is -2.06. The minimum absolute atomic E-state index is 0.146. The number of benzene rings is 1. The van der Waals surface area contributed by atoms with Crippen LogP contribution in [0.25, 0.3) is 0 Å². The Morgan fingerprint density at radius 3 is 2.39 bits per heavy atom. The molecule has 1 aromatic carbocycles. The molecule has 1 heterocycles. The summed E-state index contributed by atoms with van der Waals surface area (Å²) in [5, 5.41) is 10.9. The van der Waals surface area contributed by atoms with E-state index in [2.05, 4.69) is 4.98 Å². The molecule has 0 radical (unpaired) electrons. The van der Waals surface area contributed by atoms with E-state index in [1.54, 1.807) is 12.1 Å². The van der Waals surface area contributed by atoms with Gasteiger partial charge in [0.05, 0.1) is 10.9 Å². The lowest BCUT2D eigenvalue weighted by Gasteiger charge is -2.27. The molecule has 0 saturated heterocycles. The van der Waals surface area contributed by atoms with Crippen LogP contribution >= 0.6 is 58.0 Å². The van der Waals surface area contributed by atoms with Gasteiger partial charge in [0.25, 0.3) is 0 Å². The molecule has 8 heteroatoms. The molecule has 0 fully saturated rings. The maximum Gasteiger partial charge on any atom is 0.217 e. The molecule has 0 spiro atoms. The first-order valence-corrected chi connectivity index (χ1v) is 8.24. The van der Waals surface area contributed by atoms with Gasteiger partial charge in [-0.05, 0) is 29.8 Å². The van der Waals surface area contributed by atoms with Crippen LogP contribution < -0.4 is 0 Å². The number of hydrogen-bond acceptors (Lipinski definition) is 3. The number of pyridine rings is 1. The van der Waals surface area contributed by atoms with E-state index in [4.69, 9.17) is 58.0 Å². The third-order valence-corrected chi connectivity index (χ3v) is 4.39. The van der Waals surface area contributed by atoms with Crippen LogP contribution in [0.15, 0.2) is 42.7 Å². The molecule has 3 nitrogen and oxygen atoms in total. The first kappa shape index (κ1) is 18.8. The number of alkyl halides is 3. The molecule has 2 unspecified atom stereocenters. The highest BCUT2D eigenvalue weighted by Crippen LogP contribution is 2.40. The van der Waals surface area contributed by atoms with Gasteiger partial charge in [-0.25, -0.2) is 0 Å². The molecule has 23 heavy (non-hydrogen) atoms. The highest BCUT2D eigenvalue weighted by molar-refractivity contribution is 6.68. The van der Waals surface area contributed by atoms with Crippen LogP contribution in [0.3, 0.4) is 0 Å². The standard InChI is InChI=1S/C15H10Cl5NO2/c16-9-3-4-10(11(17)6-9)13(22)12(14(23)15(18,19)20)8-2-1-5-21-7-8/h1-7,12,14,23H. The zero-order valence-corrected chi connectivity index (χ0v) is 15.2. The van der Waals surface area contributed by atoms with E-state index in [1.165, 1.54) is 30.6 Å². The third-order valence-electron chi connectivity index (χ3n) is 3.17. The van der Waals surface area contributed by atoms with Crippen LogP contribution in [-0.2, 0) is 0 Å². The molecular formula is C15H10Cl5NO2. The zero-order chi connectivity index (χ0) is 17.2. The van der Waals surface area contributed by atoms with Crippen LogP contribution in [-0.4, -0.2) is 25.8 Å². The number of rotatable bonds is 4. The second-order valence-electron chi connectivity index (χ2n) is 4.74. The lowest BCUT2D eigenvalue weighted by Crippen LogP contribution is -2.36. The van der Waals surface area contributed by atoms with E-state index in [1.807, 2.05) is 0 Å². The van der Waals surface area contributed by atoms with Crippen molar-refractivity contribution >= 4 is 63.8 Å². The number of carbonyl (C=O) groups excluding carboxylic acids is 1. The second-order valence-corrected chi connectivity index (χ2v) is 7.95. The fourth-order valence-electron chi connectivity index (χ4n) is 2.08. The van der Waals surface area contributed by atoms with Gasteiger partial charge in [0.1, 0.15) is 6.10 Å². The van der Waals surface area contributed by atoms with E-state index < -0.39 is 21.6 Å². The number of carbonyl (C=O) groups is 1. The van der Waals surface area contributed by atoms with Crippen LogP contribution in [0.2, 0.25) is 10.0 Å². The molecule has 1 N–H and O–H groups in total. The average molecular weight is 414 g/mol. The Morgan fingerprint density at radius 2 is 1.87 bits per heavy atom. The Labute approximate surface area is 158 Å². The molecule has 122 valence electrons. The van der Waals surface area contributed by atoms with Crippen molar-refractivity contribution in [2.24, 2.45) is 0 Å². The summed E-state index contributed by atoms with van der Waals surface area (Å²) < 4.78 is -2.06. The van der Waals surface area contributed by atoms with E-state index in [0.29, 0.717) is 10.6 Å². The smallest absolute Gasteiger partial charge is 0.217 e. The molecule has 1 aromatic heterocycles. The number of nitrogens with zero attached hydrogens (tertiary/aromatic N) is 1. The summed E-state index contributed by atoms with van der Waals surface area (Å²) in [7, 11) is 0. The van der Waals surface area contributed by atoms with Crippen molar-refractivity contribution in [1.82, 2.24) is 4.98 Å². The lowest BCUT2D eigenvalue weighted by molar-refractivity contribution is 0.0817. The van der Waals surface area contributed by atoms with Gasteiger partial charge in [-0.1, -0.05) is 64.1 Å². The predicted octanol–water partition coefficient (Wildman–Crippen LogP) is 5.09. The van der Waals surface area contributed by atoms with Crippen LogP contribution in [0.5, 0.6) is 0 Å². The van der Waals surface area contributed by atoms with Gasteiger partial charge in [0.15, 0.2) is 5.78 Å². The largest absolute Gasteiger partial charge is 0.388 e. The van der Waals surface area contributed by atoms with Crippen molar-refractivity contribution in [3.63, 3.8) is 0 Å². The molecule has 0 aliphatic carbocycles. The Balaban J connectivity index is 2.51. The van der Waals surface area contributed by atoms with Gasteiger partial charge in [-0.15, -0.1) is 0 Å². The van der Waals surface area contributed by atoms with E-state index in [9.17, 15) is 9.90 Å². The first-order chi connectivity index (χ1) is 10.7. The Kier molecular flexibility index (Phi) is 6.17. The molecule has 0 amide bonds. The third kappa shape index (κ3) is 4.50. The van der Waals surface area contributed by atoms with E-state index in [-0.39, 0.29) is 10.6 Å². The predicted molar refractivity (Wildman–Crippen MR) is 94.1 cm³/mol. The monoisotopic (exact) mass is 411 g/mol. The molecule has 0 saturated carbocycles. The zero-order valence-electron chi connectivity index (χ0n) is 11.4. The summed E-state index contributed by atoms with van der Waals surface area (Å²) in [6, 6.07) is 7.63. The molecule has 2 rings (SSSR count). The minimum Gasteiger partial charge on any atom is -0.388 e. The number of Topliss-reactive ketones (excluding diaryl/α,β-unsaturated/α-hetero) is 1. The fourth-order valence-corrected chi connectivity index (χ4v) is 2.96. The number of ketones is 1. The number of aromatic nitrogens is 1. The normalized spacial score (nSPS) is 14.3. The van der Waals surface area contributed by atoms with Gasteiger partial charge >= 0.3 is 0 Å². The number of aliphatic hydroxyl groups excluding tert-OH is 1. The van der Waals surface area contributed by atoms with E-state index in [0.717, 1.165) is 0 Å². The van der Waals surface area contributed by atoms with Gasteiger partial charge in [0, 0.05) is 23.0 Å². The van der Waals surface area contributed by atoms with Crippen LogP contribution in [0.4, 0.5) is 0 Å². The summed E-state index contributed by atoms with van der Waals surface area (Å²) in [4.78, 5) is 16.8. The first-order valence-electron chi connectivity index (χ1n) is 6.36. The van der Waals surface area contributed by atoms with Gasteiger partial charge in [-0.3, -0.25) is 9.78 Å². The van der Waals surface area contributed by atoms with Gasteiger partial charge in [-0.2, -0.15) is 0 Å². The maximum atomic E-state index is 12.9. The topological polar surface area (TPSA) is 50.2 Å². The SMILES string of the molecule is O=C(c1ccc(Cl)cc1Cl)C(c1cccnc1)C(O)C(Cl)(Cl)Cl. The van der Waals surface area contributed by atoms with Crippen molar-refractivity contribution in [2.75, 3.05) is 0 Å². The van der Waals surface area contributed by atoms with Crippen molar-refractivity contribution in [1.29, 1.82) is 0 Å². The van der Waals surface area contributed by atoms with Crippen molar-refractivity contribution in [2.45, 2.75) is 15.8 Å². The van der Waals surface area contributed by atoms with Crippen molar-refractivity contribution in [3.8, 4) is 0 Å². The fraction of sp³-hybridized carbons (Fsp3) is 0.200. The molecular weight excluding hydrogens is 403 g/mol. The van der Waals surface area contributed by atoms with E-state index >= 15 is 0 Å². The van der Waals surface area contributed by atoms with Gasteiger partial charge < -0.3 is 5.11 Å². The summed E-state index contributed by atoms with van der Waals surface area (Å²) in [6.07, 6.45) is 1.37. The summed E-state index contributed by atoms with van der Waals surface area (Å²) in [6.45, 7) is 0. The average Bonchev–Trinajstić information content (AvgIpc) is 2.47. The number of hydrogen-bond donors (Lipinski definition) is 1. The second kappa shape index (κ2) is 7.56. The van der Waals surface area contributed by atoms with Gasteiger partial charge in [0.2, 0.25) is 3.79 Å². The van der Waals surface area contributed by atoms with Crippen molar-refractivity contribution in [3.05, 3.63) is 63.9 Å². The summed E-state index contributed by atoms with van der Waals surface area (Å²) >= 11 is 29.2.